The number of benzene rings is 2. The van der Waals surface area contributed by atoms with E-state index in [2.05, 4.69) is 12.2 Å². The molecule has 9 heteroatoms. The lowest BCUT2D eigenvalue weighted by Crippen LogP contribution is -2.26. The van der Waals surface area contributed by atoms with Crippen molar-refractivity contribution in [2.75, 3.05) is 11.3 Å². The Labute approximate surface area is 180 Å². The van der Waals surface area contributed by atoms with Gasteiger partial charge in [-0.3, -0.25) is 9.27 Å². The van der Waals surface area contributed by atoms with E-state index in [-0.39, 0.29) is 17.5 Å². The zero-order valence-electron chi connectivity index (χ0n) is 16.5. The molecule has 0 aliphatic carbocycles. The van der Waals surface area contributed by atoms with E-state index in [1.807, 2.05) is 16.2 Å². The molecule has 1 atom stereocenters. The number of hydrogen-bond donors (Lipinski definition) is 3. The van der Waals surface area contributed by atoms with Gasteiger partial charge >= 0.3 is 10.3 Å². The van der Waals surface area contributed by atoms with E-state index in [0.29, 0.717) is 24.9 Å². The lowest BCUT2D eigenvalue weighted by Gasteiger charge is -2.17. The molecule has 0 radical (unpaired) electrons. The number of aromatic nitrogens is 1. The summed E-state index contributed by atoms with van der Waals surface area (Å²) in [5, 5.41) is 6.48. The summed E-state index contributed by atoms with van der Waals surface area (Å²) in [4.78, 5) is 4.69. The summed E-state index contributed by atoms with van der Waals surface area (Å²) in [6, 6.07) is 13.5. The van der Waals surface area contributed by atoms with Crippen LogP contribution in [0.3, 0.4) is 0 Å². The van der Waals surface area contributed by atoms with Crippen molar-refractivity contribution in [2.45, 2.75) is 32.2 Å². The summed E-state index contributed by atoms with van der Waals surface area (Å²) < 4.78 is 46.7. The topological polar surface area (TPSA) is 91.3 Å². The Hall–Kier alpha value is -2.33. The minimum Gasteiger partial charge on any atom is -0.307 e. The third-order valence-electron chi connectivity index (χ3n) is 4.61. The first-order valence-electron chi connectivity index (χ1n) is 9.59. The second-order valence-corrected chi connectivity index (χ2v) is 8.90. The first-order valence-corrected chi connectivity index (χ1v) is 11.9. The molecule has 1 heterocycles. The first kappa shape index (κ1) is 22.4. The number of rotatable bonds is 10. The van der Waals surface area contributed by atoms with Gasteiger partial charge in [-0.1, -0.05) is 37.3 Å². The quantitative estimate of drug-likeness (QED) is 0.404. The molecule has 0 saturated carbocycles. The summed E-state index contributed by atoms with van der Waals surface area (Å²) in [7, 11) is -4.30. The molecule has 0 bridgehead atoms. The minimum absolute atomic E-state index is 0.0533. The van der Waals surface area contributed by atoms with Crippen LogP contribution in [0.4, 0.5) is 10.1 Å². The van der Waals surface area contributed by atoms with Crippen molar-refractivity contribution in [3.8, 4) is 0 Å². The predicted molar refractivity (Wildman–Crippen MR) is 118 cm³/mol. The van der Waals surface area contributed by atoms with Gasteiger partial charge in [-0.15, -0.1) is 11.3 Å². The average molecular weight is 450 g/mol. The molecule has 0 aliphatic heterocycles. The molecular formula is C21H24FN3O3S2. The van der Waals surface area contributed by atoms with E-state index in [9.17, 15) is 12.8 Å². The highest BCUT2D eigenvalue weighted by Gasteiger charge is 2.16. The van der Waals surface area contributed by atoms with Crippen molar-refractivity contribution in [3.63, 3.8) is 0 Å². The second kappa shape index (κ2) is 10.1. The van der Waals surface area contributed by atoms with Crippen LogP contribution in [0.1, 0.15) is 34.8 Å². The van der Waals surface area contributed by atoms with Crippen molar-refractivity contribution in [3.05, 3.63) is 81.6 Å². The van der Waals surface area contributed by atoms with Gasteiger partial charge < -0.3 is 5.32 Å². The number of nitrogens with zero attached hydrogens (tertiary/aromatic N) is 1. The summed E-state index contributed by atoms with van der Waals surface area (Å²) in [6.07, 6.45) is 2.06. The Morgan fingerprint density at radius 2 is 1.90 bits per heavy atom. The molecule has 160 valence electrons. The third-order valence-corrected chi connectivity index (χ3v) is 6.11. The van der Waals surface area contributed by atoms with Crippen molar-refractivity contribution >= 4 is 27.3 Å². The second-order valence-electron chi connectivity index (χ2n) is 6.86. The maximum atomic E-state index is 13.9. The van der Waals surface area contributed by atoms with Crippen LogP contribution in [-0.2, 0) is 29.6 Å². The average Bonchev–Trinajstić information content (AvgIpc) is 3.18. The first-order chi connectivity index (χ1) is 14.3. The minimum atomic E-state index is -4.30. The fraction of sp³-hybridized carbons (Fsp3) is 0.286. The highest BCUT2D eigenvalue weighted by Crippen LogP contribution is 2.24. The largest absolute Gasteiger partial charge is 0.357 e. The molecule has 0 amide bonds. The number of hydrogen-bond acceptors (Lipinski definition) is 5. The van der Waals surface area contributed by atoms with Gasteiger partial charge in [0.1, 0.15) is 10.8 Å². The van der Waals surface area contributed by atoms with Crippen LogP contribution in [-0.4, -0.2) is 24.5 Å². The fourth-order valence-corrected chi connectivity index (χ4v) is 4.48. The van der Waals surface area contributed by atoms with Crippen LogP contribution in [0, 0.1) is 5.82 Å². The number of nitrogens with one attached hydrogen (secondary N) is 2. The molecule has 0 spiro atoms. The van der Waals surface area contributed by atoms with E-state index >= 15 is 0 Å². The van der Waals surface area contributed by atoms with Gasteiger partial charge in [-0.25, -0.2) is 9.37 Å². The Morgan fingerprint density at radius 3 is 2.53 bits per heavy atom. The van der Waals surface area contributed by atoms with Gasteiger partial charge in [-0.05, 0) is 55.1 Å². The van der Waals surface area contributed by atoms with Gasteiger partial charge in [0.15, 0.2) is 0 Å². The fourth-order valence-electron chi connectivity index (χ4n) is 3.07. The number of halogens is 1. The molecule has 3 aromatic rings. The molecule has 6 nitrogen and oxygen atoms in total. The Bertz CT molecular complexity index is 1070. The monoisotopic (exact) mass is 449 g/mol. The van der Waals surface area contributed by atoms with Crippen molar-refractivity contribution < 1.29 is 17.4 Å². The van der Waals surface area contributed by atoms with Crippen LogP contribution in [0.2, 0.25) is 0 Å². The number of aryl methyl sites for hydroxylation is 1. The molecule has 3 N–H and O–H groups in total. The zero-order chi connectivity index (χ0) is 21.6. The van der Waals surface area contributed by atoms with Crippen molar-refractivity contribution in [2.24, 2.45) is 0 Å². The normalized spacial score (nSPS) is 12.6. The third kappa shape index (κ3) is 6.60. The molecular weight excluding hydrogens is 425 g/mol. The van der Waals surface area contributed by atoms with E-state index in [1.54, 1.807) is 47.7 Å². The Morgan fingerprint density at radius 1 is 1.17 bits per heavy atom. The summed E-state index contributed by atoms with van der Waals surface area (Å²) in [6.45, 7) is 2.65. The number of thiazole rings is 1. The molecule has 0 aliphatic rings. The number of anilines is 1. The molecule has 1 aromatic heterocycles. The summed E-state index contributed by atoms with van der Waals surface area (Å²) in [5.41, 5.74) is 2.96. The van der Waals surface area contributed by atoms with Crippen molar-refractivity contribution in [1.82, 2.24) is 10.3 Å². The summed E-state index contributed by atoms with van der Waals surface area (Å²) in [5.74, 6) is -0.208. The van der Waals surface area contributed by atoms with Crippen LogP contribution in [0.15, 0.2) is 53.9 Å². The lowest BCUT2D eigenvalue weighted by atomic mass is 10.1. The standard InChI is InChI=1S/C21H24FN3O3S2/c1-2-17-14-29-21(24-17)20(23-12-11-16-5-3-4-6-19(16)22)13-15-7-9-18(10-8-15)25-30(26,27)28/h3-10,14,20,23,25H,2,11-13H2,1H3,(H,26,27,28)/t20-/m0/s1. The zero-order valence-corrected chi connectivity index (χ0v) is 18.1. The molecule has 30 heavy (non-hydrogen) atoms. The maximum absolute atomic E-state index is 13.9. The van der Waals surface area contributed by atoms with Gasteiger partial charge in [0, 0.05) is 5.38 Å². The summed E-state index contributed by atoms with van der Waals surface area (Å²) >= 11 is 1.59. The molecule has 0 fully saturated rings. The van der Waals surface area contributed by atoms with Crippen LogP contribution in [0.25, 0.3) is 0 Å². The smallest absolute Gasteiger partial charge is 0.307 e. The highest BCUT2D eigenvalue weighted by atomic mass is 32.2. The van der Waals surface area contributed by atoms with Crippen LogP contribution < -0.4 is 10.0 Å². The van der Waals surface area contributed by atoms with Gasteiger partial charge in [0.2, 0.25) is 0 Å². The van der Waals surface area contributed by atoms with Gasteiger partial charge in [-0.2, -0.15) is 8.42 Å². The maximum Gasteiger partial charge on any atom is 0.357 e. The van der Waals surface area contributed by atoms with E-state index in [0.717, 1.165) is 22.7 Å². The van der Waals surface area contributed by atoms with E-state index in [4.69, 9.17) is 9.54 Å². The van der Waals surface area contributed by atoms with Crippen LogP contribution >= 0.6 is 11.3 Å². The van der Waals surface area contributed by atoms with E-state index in [1.165, 1.54) is 6.07 Å². The van der Waals surface area contributed by atoms with Crippen LogP contribution in [0.5, 0.6) is 0 Å². The molecule has 2 aromatic carbocycles. The lowest BCUT2D eigenvalue weighted by molar-refractivity contribution is 0.489. The Balaban J connectivity index is 1.70. The highest BCUT2D eigenvalue weighted by molar-refractivity contribution is 7.87. The molecule has 3 rings (SSSR count). The molecule has 0 saturated heterocycles. The predicted octanol–water partition coefficient (Wildman–Crippen LogP) is 4.18. The molecule has 0 unspecified atom stereocenters. The van der Waals surface area contributed by atoms with E-state index < -0.39 is 10.3 Å². The van der Waals surface area contributed by atoms with Gasteiger partial charge in [0.05, 0.1) is 17.4 Å². The van der Waals surface area contributed by atoms with Crippen molar-refractivity contribution in [1.29, 1.82) is 0 Å². The SMILES string of the molecule is CCc1csc([C@H](Cc2ccc(NS(=O)(=O)O)cc2)NCCc2ccccc2F)n1. The van der Waals surface area contributed by atoms with Gasteiger partial charge in [0.25, 0.3) is 0 Å². The Kier molecular flexibility index (Phi) is 7.54.